The number of carbonyl (C=O) groups is 3. The van der Waals surface area contributed by atoms with E-state index >= 15 is 0 Å². The van der Waals surface area contributed by atoms with Crippen molar-refractivity contribution in [3.63, 3.8) is 0 Å². The number of carboxylic acid groups (broad SMARTS) is 2. The molecule has 11 heteroatoms. The summed E-state index contributed by atoms with van der Waals surface area (Å²) in [5.74, 6) is -2.37. The summed E-state index contributed by atoms with van der Waals surface area (Å²) in [7, 11) is 0. The van der Waals surface area contributed by atoms with Crippen LogP contribution in [-0.4, -0.2) is 62.4 Å². The molecule has 1 atom stereocenters. The highest BCUT2D eigenvalue weighted by atomic mass is 16.5. The maximum Gasteiger partial charge on any atom is 0.326 e. The van der Waals surface area contributed by atoms with Gasteiger partial charge in [0.25, 0.3) is 0 Å². The lowest BCUT2D eigenvalue weighted by Crippen LogP contribution is -2.46. The number of carbonyl (C=O) groups excluding carboxylic acids is 1. The summed E-state index contributed by atoms with van der Waals surface area (Å²) in [6, 6.07) is -1.84. The first-order chi connectivity index (χ1) is 13.4. The number of carboxylic acids is 2. The van der Waals surface area contributed by atoms with Crippen LogP contribution in [0.1, 0.15) is 51.1 Å². The molecule has 158 valence electrons. The predicted octanol–water partition coefficient (Wildman–Crippen LogP) is 0.992. The van der Waals surface area contributed by atoms with E-state index in [1.807, 2.05) is 13.1 Å². The van der Waals surface area contributed by atoms with Gasteiger partial charge in [-0.25, -0.2) is 9.59 Å². The van der Waals surface area contributed by atoms with Crippen molar-refractivity contribution in [1.29, 1.82) is 0 Å². The molecular weight excluding hydrogens is 370 g/mol. The highest BCUT2D eigenvalue weighted by Gasteiger charge is 2.20. The zero-order chi connectivity index (χ0) is 20.8. The average Bonchev–Trinajstić information content (AvgIpc) is 3.09. The van der Waals surface area contributed by atoms with Crippen molar-refractivity contribution in [3.8, 4) is 0 Å². The number of aromatic nitrogens is 3. The number of aliphatic carboxylic acids is 2. The van der Waals surface area contributed by atoms with Crippen molar-refractivity contribution in [2.75, 3.05) is 13.2 Å². The first kappa shape index (κ1) is 23.3. The Morgan fingerprint density at radius 3 is 2.71 bits per heavy atom. The fraction of sp³-hybridized carbons (Fsp3) is 0.706. The SMILES string of the molecule is CCCOCc1cn(CCCCCNC(=O)N[C@@H](CCC(=O)O)C(=O)O)nn1. The Labute approximate surface area is 163 Å². The molecular formula is C17H29N5O6. The zero-order valence-corrected chi connectivity index (χ0v) is 16.1. The zero-order valence-electron chi connectivity index (χ0n) is 16.1. The second-order valence-electron chi connectivity index (χ2n) is 6.31. The van der Waals surface area contributed by atoms with Gasteiger partial charge >= 0.3 is 18.0 Å². The number of hydrogen-bond acceptors (Lipinski definition) is 6. The Morgan fingerprint density at radius 2 is 2.04 bits per heavy atom. The van der Waals surface area contributed by atoms with Gasteiger partial charge in [-0.05, 0) is 32.1 Å². The molecule has 1 heterocycles. The molecule has 0 spiro atoms. The first-order valence-corrected chi connectivity index (χ1v) is 9.38. The lowest BCUT2D eigenvalue weighted by atomic mass is 10.1. The summed E-state index contributed by atoms with van der Waals surface area (Å²) in [4.78, 5) is 33.2. The van der Waals surface area contributed by atoms with Crippen LogP contribution in [0, 0.1) is 0 Å². The van der Waals surface area contributed by atoms with Gasteiger partial charge in [0, 0.05) is 26.1 Å². The topological polar surface area (TPSA) is 156 Å². The van der Waals surface area contributed by atoms with E-state index in [4.69, 9.17) is 14.9 Å². The third-order valence-corrected chi connectivity index (χ3v) is 3.78. The van der Waals surface area contributed by atoms with Crippen LogP contribution >= 0.6 is 0 Å². The van der Waals surface area contributed by atoms with Crippen molar-refractivity contribution >= 4 is 18.0 Å². The summed E-state index contributed by atoms with van der Waals surface area (Å²) >= 11 is 0. The third-order valence-electron chi connectivity index (χ3n) is 3.78. The van der Waals surface area contributed by atoms with Crippen LogP contribution < -0.4 is 10.6 Å². The van der Waals surface area contributed by atoms with Crippen LogP contribution in [0.2, 0.25) is 0 Å². The van der Waals surface area contributed by atoms with Gasteiger partial charge in [-0.2, -0.15) is 0 Å². The van der Waals surface area contributed by atoms with Gasteiger partial charge in [-0.3, -0.25) is 9.48 Å². The molecule has 11 nitrogen and oxygen atoms in total. The van der Waals surface area contributed by atoms with E-state index in [1.165, 1.54) is 0 Å². The van der Waals surface area contributed by atoms with Gasteiger partial charge in [0.2, 0.25) is 0 Å². The number of nitrogens with zero attached hydrogens (tertiary/aromatic N) is 3. The molecule has 0 fully saturated rings. The van der Waals surface area contributed by atoms with Crippen molar-refractivity contribution < 1.29 is 29.3 Å². The molecule has 0 aliphatic heterocycles. The van der Waals surface area contributed by atoms with Crippen molar-refractivity contribution in [3.05, 3.63) is 11.9 Å². The van der Waals surface area contributed by atoms with Crippen LogP contribution in [-0.2, 0) is 27.5 Å². The van der Waals surface area contributed by atoms with E-state index in [0.717, 1.165) is 31.4 Å². The summed E-state index contributed by atoms with van der Waals surface area (Å²) in [5.41, 5.74) is 0.794. The minimum atomic E-state index is -1.26. The molecule has 0 aliphatic rings. The molecule has 2 amide bonds. The van der Waals surface area contributed by atoms with Gasteiger partial charge in [0.05, 0.1) is 12.8 Å². The summed E-state index contributed by atoms with van der Waals surface area (Å²) in [6.45, 7) is 4.30. The van der Waals surface area contributed by atoms with Crippen LogP contribution in [0.15, 0.2) is 6.20 Å². The largest absolute Gasteiger partial charge is 0.481 e. The molecule has 0 aromatic carbocycles. The molecule has 1 rings (SSSR count). The van der Waals surface area contributed by atoms with Gasteiger partial charge in [0.15, 0.2) is 0 Å². The Morgan fingerprint density at radius 1 is 1.25 bits per heavy atom. The Bertz CT molecular complexity index is 621. The van der Waals surface area contributed by atoms with Crippen LogP contribution in [0.25, 0.3) is 0 Å². The summed E-state index contributed by atoms with van der Waals surface area (Å²) in [6.07, 6.45) is 4.75. The van der Waals surface area contributed by atoms with Crippen LogP contribution in [0.5, 0.6) is 0 Å². The first-order valence-electron chi connectivity index (χ1n) is 9.38. The molecule has 28 heavy (non-hydrogen) atoms. The lowest BCUT2D eigenvalue weighted by Gasteiger charge is -2.14. The van der Waals surface area contributed by atoms with E-state index in [9.17, 15) is 14.4 Å². The number of rotatable bonds is 15. The molecule has 0 aliphatic carbocycles. The minimum absolute atomic E-state index is 0.165. The van der Waals surface area contributed by atoms with Crippen molar-refractivity contribution in [1.82, 2.24) is 25.6 Å². The Balaban J connectivity index is 2.13. The monoisotopic (exact) mass is 399 g/mol. The quantitative estimate of drug-likeness (QED) is 0.318. The number of urea groups is 1. The van der Waals surface area contributed by atoms with Gasteiger partial charge < -0.3 is 25.6 Å². The van der Waals surface area contributed by atoms with E-state index < -0.39 is 24.0 Å². The summed E-state index contributed by atoms with van der Waals surface area (Å²) < 4.78 is 7.16. The smallest absolute Gasteiger partial charge is 0.326 e. The molecule has 4 N–H and O–H groups in total. The Hall–Kier alpha value is -2.69. The van der Waals surface area contributed by atoms with E-state index in [1.54, 1.807) is 4.68 Å². The van der Waals surface area contributed by atoms with E-state index in [-0.39, 0.29) is 12.8 Å². The molecule has 1 aromatic heterocycles. The molecule has 0 radical (unpaired) electrons. The number of aryl methyl sites for hydroxylation is 1. The van der Waals surface area contributed by atoms with Crippen molar-refractivity contribution in [2.24, 2.45) is 0 Å². The maximum absolute atomic E-state index is 11.7. The number of amides is 2. The van der Waals surface area contributed by atoms with Gasteiger partial charge in [-0.15, -0.1) is 5.10 Å². The van der Waals surface area contributed by atoms with E-state index in [0.29, 0.717) is 26.3 Å². The predicted molar refractivity (Wildman–Crippen MR) is 98.6 cm³/mol. The molecule has 0 saturated heterocycles. The lowest BCUT2D eigenvalue weighted by molar-refractivity contribution is -0.140. The summed E-state index contributed by atoms with van der Waals surface area (Å²) in [5, 5.41) is 30.5. The molecule has 0 unspecified atom stereocenters. The number of unbranched alkanes of at least 4 members (excludes halogenated alkanes) is 2. The highest BCUT2D eigenvalue weighted by Crippen LogP contribution is 2.01. The number of ether oxygens (including phenoxy) is 1. The Kier molecular flexibility index (Phi) is 11.2. The van der Waals surface area contributed by atoms with E-state index in [2.05, 4.69) is 20.9 Å². The maximum atomic E-state index is 11.7. The van der Waals surface area contributed by atoms with Gasteiger partial charge in [-0.1, -0.05) is 12.1 Å². The van der Waals surface area contributed by atoms with Crippen LogP contribution in [0.4, 0.5) is 4.79 Å². The third kappa shape index (κ3) is 10.5. The minimum Gasteiger partial charge on any atom is -0.481 e. The normalized spacial score (nSPS) is 11.8. The molecule has 0 saturated carbocycles. The molecule has 1 aromatic rings. The number of nitrogens with one attached hydrogen (secondary N) is 2. The second-order valence-corrected chi connectivity index (χ2v) is 6.31. The van der Waals surface area contributed by atoms with Crippen molar-refractivity contribution in [2.45, 2.75) is 64.6 Å². The van der Waals surface area contributed by atoms with Crippen LogP contribution in [0.3, 0.4) is 0 Å². The standard InChI is InChI=1S/C17H29N5O6/c1-2-10-28-12-13-11-22(21-20-13)9-5-3-4-8-18-17(27)19-14(16(25)26)6-7-15(23)24/h11,14H,2-10,12H2,1H3,(H,23,24)(H,25,26)(H2,18,19,27)/t14-/m0/s1. The van der Waals surface area contributed by atoms with Gasteiger partial charge in [0.1, 0.15) is 11.7 Å². The average molecular weight is 399 g/mol. The molecule has 0 bridgehead atoms. The fourth-order valence-electron chi connectivity index (χ4n) is 2.35. The number of hydrogen-bond donors (Lipinski definition) is 4. The highest BCUT2D eigenvalue weighted by molar-refractivity contribution is 5.82. The fourth-order valence-corrected chi connectivity index (χ4v) is 2.35. The second kappa shape index (κ2) is 13.5.